The summed E-state index contributed by atoms with van der Waals surface area (Å²) in [4.78, 5) is 32.4. The number of likely N-dealkylation sites (tertiary alicyclic amines) is 1. The molecule has 1 aromatic carbocycles. The second kappa shape index (κ2) is 7.53. The first-order valence-electron chi connectivity index (χ1n) is 10.8. The lowest BCUT2D eigenvalue weighted by Crippen LogP contribution is -2.45. The Morgan fingerprint density at radius 2 is 1.74 bits per heavy atom. The Hall–Kier alpha value is -2.58. The molecule has 0 radical (unpaired) electrons. The summed E-state index contributed by atoms with van der Waals surface area (Å²) in [6.45, 7) is 9.74. The van der Waals surface area contributed by atoms with Crippen LogP contribution in [0.15, 0.2) is 33.2 Å². The van der Waals surface area contributed by atoms with Crippen LogP contribution in [0.5, 0.6) is 0 Å². The summed E-state index contributed by atoms with van der Waals surface area (Å²) in [6, 6.07) is 6.69. The molecule has 1 saturated heterocycles. The van der Waals surface area contributed by atoms with Gasteiger partial charge in [-0.3, -0.25) is 19.1 Å². The molecule has 3 aromatic rings. The van der Waals surface area contributed by atoms with Gasteiger partial charge in [0.2, 0.25) is 0 Å². The van der Waals surface area contributed by atoms with E-state index in [1.807, 2.05) is 12.3 Å². The van der Waals surface area contributed by atoms with Crippen LogP contribution in [-0.2, 0) is 25.0 Å². The lowest BCUT2D eigenvalue weighted by atomic mass is 9.85. The molecule has 2 aromatic heterocycles. The molecule has 162 valence electrons. The molecule has 5 rings (SSSR count). The number of thiazole rings is 1. The van der Waals surface area contributed by atoms with Crippen LogP contribution >= 0.6 is 11.3 Å². The van der Waals surface area contributed by atoms with E-state index in [9.17, 15) is 9.59 Å². The zero-order valence-electron chi connectivity index (χ0n) is 18.2. The molecule has 31 heavy (non-hydrogen) atoms. The topological polar surface area (TPSA) is 73.0 Å². The SMILES string of the molecule is Cc1cc(C)cc(CN2CCC3(CCn4c3nn(Cc3csc(C)n3)c(=O)c4=O)C2)c1. The number of fused-ring (bicyclic) bond motifs is 2. The molecule has 2 aliphatic rings. The van der Waals surface area contributed by atoms with Gasteiger partial charge in [-0.25, -0.2) is 9.67 Å². The molecule has 0 amide bonds. The van der Waals surface area contributed by atoms with Crippen LogP contribution in [0.4, 0.5) is 0 Å². The van der Waals surface area contributed by atoms with Crippen molar-refractivity contribution in [2.45, 2.75) is 58.7 Å². The molecule has 1 spiro atoms. The van der Waals surface area contributed by atoms with Crippen molar-refractivity contribution in [3.63, 3.8) is 0 Å². The number of rotatable bonds is 4. The highest BCUT2D eigenvalue weighted by atomic mass is 32.1. The van der Waals surface area contributed by atoms with E-state index in [1.54, 1.807) is 4.57 Å². The zero-order chi connectivity index (χ0) is 21.8. The molecule has 0 aliphatic carbocycles. The fourth-order valence-corrected chi connectivity index (χ4v) is 5.82. The lowest BCUT2D eigenvalue weighted by Gasteiger charge is -2.24. The van der Waals surface area contributed by atoms with Crippen LogP contribution in [0.2, 0.25) is 0 Å². The van der Waals surface area contributed by atoms with Crippen molar-refractivity contribution in [2.75, 3.05) is 13.1 Å². The third-order valence-electron chi connectivity index (χ3n) is 6.52. The van der Waals surface area contributed by atoms with Gasteiger partial charge in [-0.05, 0) is 45.7 Å². The summed E-state index contributed by atoms with van der Waals surface area (Å²) in [5.74, 6) is 0.770. The normalized spacial score (nSPS) is 20.6. The molecule has 1 fully saturated rings. The van der Waals surface area contributed by atoms with Gasteiger partial charge in [-0.2, -0.15) is 5.10 Å². The number of hydrogen-bond donors (Lipinski definition) is 0. The molecule has 7 nitrogen and oxygen atoms in total. The molecular weight excluding hydrogens is 410 g/mol. The molecule has 0 saturated carbocycles. The third kappa shape index (κ3) is 3.68. The number of hydrogen-bond acceptors (Lipinski definition) is 6. The number of aryl methyl sites for hydroxylation is 3. The molecule has 0 N–H and O–H groups in total. The Kier molecular flexibility index (Phi) is 4.94. The van der Waals surface area contributed by atoms with Gasteiger partial charge in [-0.1, -0.05) is 29.3 Å². The fraction of sp³-hybridized carbons (Fsp3) is 0.478. The average Bonchev–Trinajstić information content (AvgIpc) is 3.40. The molecule has 2 aliphatic heterocycles. The van der Waals surface area contributed by atoms with Gasteiger partial charge in [-0.15, -0.1) is 11.3 Å². The summed E-state index contributed by atoms with van der Waals surface area (Å²) >= 11 is 1.54. The van der Waals surface area contributed by atoms with Crippen molar-refractivity contribution in [1.82, 2.24) is 24.2 Å². The standard InChI is InChI=1S/C23H27N5O2S/c1-15-8-16(2)10-18(9-15)11-26-6-4-23(14-26)5-7-27-20(29)21(30)28(25-22(23)27)12-19-13-31-17(3)24-19/h8-10,13H,4-7,11-12,14H2,1-3H3. The third-order valence-corrected chi connectivity index (χ3v) is 7.34. The Balaban J connectivity index is 1.44. The Labute approximate surface area is 185 Å². The second-order valence-corrected chi connectivity index (χ2v) is 10.2. The van der Waals surface area contributed by atoms with E-state index in [1.165, 1.54) is 32.7 Å². The van der Waals surface area contributed by atoms with E-state index in [-0.39, 0.29) is 12.0 Å². The van der Waals surface area contributed by atoms with Gasteiger partial charge in [0.05, 0.1) is 17.2 Å². The minimum Gasteiger partial charge on any atom is -0.298 e. The van der Waals surface area contributed by atoms with Crippen molar-refractivity contribution in [3.05, 3.63) is 77.5 Å². The zero-order valence-corrected chi connectivity index (χ0v) is 19.0. The minimum atomic E-state index is -0.559. The molecule has 1 atom stereocenters. The average molecular weight is 438 g/mol. The predicted octanol–water partition coefficient (Wildman–Crippen LogP) is 2.38. The maximum absolute atomic E-state index is 12.8. The maximum atomic E-state index is 12.8. The van der Waals surface area contributed by atoms with Gasteiger partial charge < -0.3 is 0 Å². The monoisotopic (exact) mass is 437 g/mol. The quantitative estimate of drug-likeness (QED) is 0.586. The van der Waals surface area contributed by atoms with Crippen molar-refractivity contribution >= 4 is 11.3 Å². The van der Waals surface area contributed by atoms with Gasteiger partial charge in [0.25, 0.3) is 0 Å². The van der Waals surface area contributed by atoms with Crippen molar-refractivity contribution < 1.29 is 0 Å². The largest absolute Gasteiger partial charge is 0.332 e. The second-order valence-electron chi connectivity index (χ2n) is 9.09. The van der Waals surface area contributed by atoms with Crippen molar-refractivity contribution in [2.24, 2.45) is 0 Å². The summed E-state index contributed by atoms with van der Waals surface area (Å²) in [6.07, 6.45) is 1.82. The van der Waals surface area contributed by atoms with Crippen molar-refractivity contribution in [1.29, 1.82) is 0 Å². The summed E-state index contributed by atoms with van der Waals surface area (Å²) in [7, 11) is 0. The number of nitrogens with zero attached hydrogens (tertiary/aromatic N) is 5. The first-order chi connectivity index (χ1) is 14.8. The summed E-state index contributed by atoms with van der Waals surface area (Å²) in [5, 5.41) is 7.59. The van der Waals surface area contributed by atoms with Crippen LogP contribution in [0.1, 0.15) is 46.1 Å². The van der Waals surface area contributed by atoms with Crippen LogP contribution in [0, 0.1) is 20.8 Å². The fourth-order valence-electron chi connectivity index (χ4n) is 5.21. The molecule has 4 heterocycles. The van der Waals surface area contributed by atoms with E-state index in [0.717, 1.165) is 49.0 Å². The summed E-state index contributed by atoms with van der Waals surface area (Å²) < 4.78 is 2.94. The Morgan fingerprint density at radius 1 is 1.00 bits per heavy atom. The van der Waals surface area contributed by atoms with E-state index in [4.69, 9.17) is 5.10 Å². The van der Waals surface area contributed by atoms with Crippen LogP contribution in [-0.4, -0.2) is 37.3 Å². The van der Waals surface area contributed by atoms with Gasteiger partial charge in [0.1, 0.15) is 5.82 Å². The van der Waals surface area contributed by atoms with E-state index in [0.29, 0.717) is 6.54 Å². The highest BCUT2D eigenvalue weighted by Crippen LogP contribution is 2.40. The number of benzene rings is 1. The number of aromatic nitrogens is 4. The summed E-state index contributed by atoms with van der Waals surface area (Å²) in [5.41, 5.74) is 3.48. The maximum Gasteiger partial charge on any atom is 0.332 e. The van der Waals surface area contributed by atoms with E-state index >= 15 is 0 Å². The van der Waals surface area contributed by atoms with Crippen molar-refractivity contribution in [3.8, 4) is 0 Å². The molecular formula is C23H27N5O2S. The highest BCUT2D eigenvalue weighted by Gasteiger charge is 2.47. The van der Waals surface area contributed by atoms with Crippen LogP contribution in [0.3, 0.4) is 0 Å². The molecule has 0 bridgehead atoms. The molecule has 8 heteroatoms. The van der Waals surface area contributed by atoms with Crippen LogP contribution < -0.4 is 11.1 Å². The van der Waals surface area contributed by atoms with Gasteiger partial charge >= 0.3 is 11.1 Å². The predicted molar refractivity (Wildman–Crippen MR) is 121 cm³/mol. The molecule has 1 unspecified atom stereocenters. The first-order valence-corrected chi connectivity index (χ1v) is 11.6. The van der Waals surface area contributed by atoms with Gasteiger partial charge in [0.15, 0.2) is 0 Å². The van der Waals surface area contributed by atoms with Crippen LogP contribution in [0.25, 0.3) is 0 Å². The highest BCUT2D eigenvalue weighted by molar-refractivity contribution is 7.09. The lowest BCUT2D eigenvalue weighted by molar-refractivity contribution is 0.298. The van der Waals surface area contributed by atoms with E-state index in [2.05, 4.69) is 41.9 Å². The Morgan fingerprint density at radius 3 is 2.45 bits per heavy atom. The first kappa shape index (κ1) is 20.3. The van der Waals surface area contributed by atoms with E-state index < -0.39 is 11.1 Å². The minimum absolute atomic E-state index is 0.161. The Bertz CT molecular complexity index is 1250. The smallest absolute Gasteiger partial charge is 0.298 e. The van der Waals surface area contributed by atoms with Gasteiger partial charge in [0, 0.05) is 30.4 Å².